The number of unbranched alkanes of at least 4 members (excludes halogenated alkanes) is 1. The van der Waals surface area contributed by atoms with Crippen molar-refractivity contribution in [2.75, 3.05) is 13.1 Å². The molecule has 1 saturated heterocycles. The number of hydrogen-bond acceptors (Lipinski definition) is 2. The second-order valence-electron chi connectivity index (χ2n) is 4.19. The SMILES string of the molecule is C#C/C=C\CC/C=C(\C)[C@H]1CNC(=O)CN1C=O. The molecule has 0 aliphatic carbocycles. The Balaban J connectivity index is 2.53. The van der Waals surface area contributed by atoms with Crippen LogP contribution in [0, 0.1) is 12.3 Å². The largest absolute Gasteiger partial charge is 0.352 e. The van der Waals surface area contributed by atoms with Crippen molar-refractivity contribution < 1.29 is 9.59 Å². The number of rotatable bonds is 5. The van der Waals surface area contributed by atoms with E-state index in [2.05, 4.69) is 17.3 Å². The molecule has 4 nitrogen and oxygen atoms in total. The van der Waals surface area contributed by atoms with Gasteiger partial charge in [-0.15, -0.1) is 6.42 Å². The lowest BCUT2D eigenvalue weighted by Crippen LogP contribution is -2.54. The van der Waals surface area contributed by atoms with Crippen LogP contribution in [-0.2, 0) is 9.59 Å². The van der Waals surface area contributed by atoms with Crippen LogP contribution in [0.2, 0.25) is 0 Å². The summed E-state index contributed by atoms with van der Waals surface area (Å²) < 4.78 is 0. The van der Waals surface area contributed by atoms with Gasteiger partial charge in [-0.1, -0.05) is 23.6 Å². The third-order valence-electron chi connectivity index (χ3n) is 2.89. The summed E-state index contributed by atoms with van der Waals surface area (Å²) in [4.78, 5) is 23.6. The maximum Gasteiger partial charge on any atom is 0.239 e. The molecule has 0 saturated carbocycles. The van der Waals surface area contributed by atoms with Gasteiger partial charge in [0, 0.05) is 6.54 Å². The molecule has 1 rings (SSSR count). The minimum absolute atomic E-state index is 0.0307. The van der Waals surface area contributed by atoms with Crippen LogP contribution in [0.25, 0.3) is 0 Å². The van der Waals surface area contributed by atoms with Gasteiger partial charge in [0.1, 0.15) is 0 Å². The van der Waals surface area contributed by atoms with E-state index in [1.54, 1.807) is 6.08 Å². The van der Waals surface area contributed by atoms with Crippen molar-refractivity contribution in [2.24, 2.45) is 0 Å². The normalized spacial score (nSPS) is 20.7. The summed E-state index contributed by atoms with van der Waals surface area (Å²) in [6, 6.07) is -0.0307. The van der Waals surface area contributed by atoms with Gasteiger partial charge in [0.15, 0.2) is 0 Å². The van der Waals surface area contributed by atoms with Crippen molar-refractivity contribution in [3.63, 3.8) is 0 Å². The Morgan fingerprint density at radius 1 is 1.61 bits per heavy atom. The van der Waals surface area contributed by atoms with E-state index in [1.807, 2.05) is 13.0 Å². The Bertz CT molecular complexity index is 405. The van der Waals surface area contributed by atoms with Crippen LogP contribution in [0.15, 0.2) is 23.8 Å². The van der Waals surface area contributed by atoms with Crippen molar-refractivity contribution in [3.8, 4) is 12.3 Å². The molecule has 0 spiro atoms. The fourth-order valence-corrected chi connectivity index (χ4v) is 1.89. The number of allylic oxidation sites excluding steroid dienone is 3. The first-order chi connectivity index (χ1) is 8.69. The van der Waals surface area contributed by atoms with Gasteiger partial charge in [0.2, 0.25) is 12.3 Å². The van der Waals surface area contributed by atoms with E-state index in [9.17, 15) is 9.59 Å². The minimum atomic E-state index is -0.108. The highest BCUT2D eigenvalue weighted by Gasteiger charge is 2.25. The molecule has 0 radical (unpaired) electrons. The number of carbonyl (C=O) groups is 2. The summed E-state index contributed by atoms with van der Waals surface area (Å²) in [5.41, 5.74) is 1.09. The maximum absolute atomic E-state index is 11.2. The Morgan fingerprint density at radius 3 is 3.06 bits per heavy atom. The summed E-state index contributed by atoms with van der Waals surface area (Å²) in [6.45, 7) is 2.60. The lowest BCUT2D eigenvalue weighted by Gasteiger charge is -2.33. The van der Waals surface area contributed by atoms with Crippen molar-refractivity contribution in [1.29, 1.82) is 0 Å². The quantitative estimate of drug-likeness (QED) is 0.338. The molecule has 0 aromatic carbocycles. The zero-order chi connectivity index (χ0) is 13.4. The van der Waals surface area contributed by atoms with E-state index in [-0.39, 0.29) is 18.5 Å². The maximum atomic E-state index is 11.2. The fourth-order valence-electron chi connectivity index (χ4n) is 1.89. The van der Waals surface area contributed by atoms with Crippen LogP contribution in [-0.4, -0.2) is 36.3 Å². The molecule has 4 heteroatoms. The van der Waals surface area contributed by atoms with Crippen molar-refractivity contribution in [2.45, 2.75) is 25.8 Å². The summed E-state index contributed by atoms with van der Waals surface area (Å²) in [5.74, 6) is 2.33. The van der Waals surface area contributed by atoms with E-state index >= 15 is 0 Å². The Morgan fingerprint density at radius 2 is 2.39 bits per heavy atom. The first-order valence-corrected chi connectivity index (χ1v) is 5.94. The fraction of sp³-hybridized carbons (Fsp3) is 0.429. The molecule has 1 N–H and O–H groups in total. The van der Waals surface area contributed by atoms with Crippen LogP contribution in [0.5, 0.6) is 0 Å². The average molecular weight is 246 g/mol. The Labute approximate surface area is 108 Å². The molecule has 1 aliphatic rings. The molecule has 1 atom stereocenters. The summed E-state index contributed by atoms with van der Waals surface area (Å²) >= 11 is 0. The predicted octanol–water partition coefficient (Wildman–Crippen LogP) is 0.859. The number of nitrogens with zero attached hydrogens (tertiary/aromatic N) is 1. The molecule has 18 heavy (non-hydrogen) atoms. The van der Waals surface area contributed by atoms with Gasteiger partial charge in [-0.25, -0.2) is 0 Å². The molecule has 0 aromatic rings. The van der Waals surface area contributed by atoms with E-state index in [0.29, 0.717) is 6.54 Å². The van der Waals surface area contributed by atoms with Crippen molar-refractivity contribution in [1.82, 2.24) is 10.2 Å². The third kappa shape index (κ3) is 4.10. The molecule has 0 bridgehead atoms. The van der Waals surface area contributed by atoms with Crippen molar-refractivity contribution >= 4 is 12.3 Å². The monoisotopic (exact) mass is 246 g/mol. The lowest BCUT2D eigenvalue weighted by molar-refractivity contribution is -0.132. The smallest absolute Gasteiger partial charge is 0.239 e. The highest BCUT2D eigenvalue weighted by Crippen LogP contribution is 2.12. The Hall–Kier alpha value is -2.02. The zero-order valence-electron chi connectivity index (χ0n) is 10.6. The average Bonchev–Trinajstić information content (AvgIpc) is 2.38. The van der Waals surface area contributed by atoms with Gasteiger partial charge in [-0.05, 0) is 25.8 Å². The number of hydrogen-bond donors (Lipinski definition) is 1. The van der Waals surface area contributed by atoms with Gasteiger partial charge in [-0.3, -0.25) is 9.59 Å². The van der Waals surface area contributed by atoms with E-state index < -0.39 is 0 Å². The number of amides is 2. The van der Waals surface area contributed by atoms with E-state index in [1.165, 1.54) is 4.90 Å². The molecule has 1 fully saturated rings. The number of carbonyl (C=O) groups excluding carboxylic acids is 2. The minimum Gasteiger partial charge on any atom is -0.352 e. The molecule has 96 valence electrons. The molecule has 0 aromatic heterocycles. The molecule has 1 heterocycles. The summed E-state index contributed by atoms with van der Waals surface area (Å²) in [7, 11) is 0. The van der Waals surface area contributed by atoms with Crippen LogP contribution in [0.3, 0.4) is 0 Å². The molecule has 1 aliphatic heterocycles. The summed E-state index contributed by atoms with van der Waals surface area (Å²) in [5, 5.41) is 2.77. The molecule has 2 amide bonds. The van der Waals surface area contributed by atoms with Crippen LogP contribution in [0.1, 0.15) is 19.8 Å². The van der Waals surface area contributed by atoms with Crippen LogP contribution < -0.4 is 5.32 Å². The van der Waals surface area contributed by atoms with E-state index in [0.717, 1.165) is 24.8 Å². The van der Waals surface area contributed by atoms with Gasteiger partial charge < -0.3 is 10.2 Å². The first kappa shape index (κ1) is 14.0. The third-order valence-corrected chi connectivity index (χ3v) is 2.89. The second-order valence-corrected chi connectivity index (χ2v) is 4.19. The van der Waals surface area contributed by atoms with Crippen molar-refractivity contribution in [3.05, 3.63) is 23.8 Å². The van der Waals surface area contributed by atoms with Gasteiger partial charge in [0.05, 0.1) is 12.6 Å². The lowest BCUT2D eigenvalue weighted by atomic mass is 10.0. The topological polar surface area (TPSA) is 49.4 Å². The van der Waals surface area contributed by atoms with Crippen LogP contribution in [0.4, 0.5) is 0 Å². The molecule has 0 unspecified atom stereocenters. The molecular formula is C14H18N2O2. The first-order valence-electron chi connectivity index (χ1n) is 5.94. The number of terminal acetylenes is 1. The number of piperazine rings is 1. The number of nitrogens with one attached hydrogen (secondary N) is 1. The molecular weight excluding hydrogens is 228 g/mol. The van der Waals surface area contributed by atoms with Gasteiger partial charge >= 0.3 is 0 Å². The standard InChI is InChI=1S/C14H18N2O2/c1-3-4-5-6-7-8-12(2)13-9-15-14(18)10-16(13)11-17/h1,4-5,8,11,13H,6-7,9-10H2,2H3,(H,15,18)/b5-4-,12-8+/t13-/m1/s1. The Kier molecular flexibility index (Phi) is 5.72. The highest BCUT2D eigenvalue weighted by molar-refractivity contribution is 5.81. The highest BCUT2D eigenvalue weighted by atomic mass is 16.2. The second kappa shape index (κ2) is 7.33. The predicted molar refractivity (Wildman–Crippen MR) is 70.5 cm³/mol. The summed E-state index contributed by atoms with van der Waals surface area (Å²) in [6.07, 6.45) is 13.3. The van der Waals surface area contributed by atoms with Crippen LogP contribution >= 0.6 is 0 Å². The zero-order valence-corrected chi connectivity index (χ0v) is 10.6. The van der Waals surface area contributed by atoms with Gasteiger partial charge in [-0.2, -0.15) is 0 Å². The van der Waals surface area contributed by atoms with E-state index in [4.69, 9.17) is 6.42 Å². The van der Waals surface area contributed by atoms with Gasteiger partial charge in [0.25, 0.3) is 0 Å².